The lowest BCUT2D eigenvalue weighted by Crippen LogP contribution is -2.29. The van der Waals surface area contributed by atoms with Gasteiger partial charge in [0.15, 0.2) is 0 Å². The summed E-state index contributed by atoms with van der Waals surface area (Å²) < 4.78 is 43.8. The molecule has 27 heavy (non-hydrogen) atoms. The molecule has 1 aromatic carbocycles. The highest BCUT2D eigenvalue weighted by Crippen LogP contribution is 2.27. The molecule has 0 aliphatic carbocycles. The lowest BCUT2D eigenvalue weighted by Gasteiger charge is -2.16. The average molecular weight is 379 g/mol. The van der Waals surface area contributed by atoms with Gasteiger partial charge >= 0.3 is 6.18 Å². The van der Waals surface area contributed by atoms with E-state index >= 15 is 0 Å². The molecule has 144 valence electrons. The van der Waals surface area contributed by atoms with Crippen LogP contribution in [0.5, 0.6) is 5.75 Å². The van der Waals surface area contributed by atoms with E-state index in [0.717, 1.165) is 10.8 Å². The number of nitrogens with two attached hydrogens (primary N) is 1. The molecule has 0 amide bonds. The number of hydrogen-bond acceptors (Lipinski definition) is 4. The van der Waals surface area contributed by atoms with Gasteiger partial charge in [-0.15, -0.1) is 0 Å². The molecule has 2 N–H and O–H groups in total. The molecule has 0 spiro atoms. The molecule has 0 aliphatic heterocycles. The van der Waals surface area contributed by atoms with Crippen molar-refractivity contribution in [1.29, 1.82) is 0 Å². The molecule has 1 atom stereocenters. The largest absolute Gasteiger partial charge is 0.492 e. The van der Waals surface area contributed by atoms with Crippen molar-refractivity contribution in [3.63, 3.8) is 0 Å². The maximum absolute atomic E-state index is 12.7. The first-order valence-corrected chi connectivity index (χ1v) is 8.50. The van der Waals surface area contributed by atoms with Crippen molar-refractivity contribution in [2.24, 2.45) is 12.8 Å². The van der Waals surface area contributed by atoms with Gasteiger partial charge in [-0.2, -0.15) is 13.2 Å². The Bertz CT molecular complexity index is 1040. The number of aromatic nitrogens is 2. The minimum absolute atomic E-state index is 0.0356. The number of ether oxygens (including phenoxy) is 1. The smallest absolute Gasteiger partial charge is 0.389 e. The number of rotatable bonds is 5. The standard InChI is InChI=1S/C19H20F3N3O2/c1-11-17-15(6-8-24-11)14-4-3-13(9-16(14)25(2)18(17)26)27-10-12(23)5-7-19(20,21)22/h3-4,6,8-9,12H,5,7,10,23H2,1-2H3. The van der Waals surface area contributed by atoms with E-state index in [4.69, 9.17) is 10.5 Å². The van der Waals surface area contributed by atoms with Gasteiger partial charge in [-0.25, -0.2) is 0 Å². The van der Waals surface area contributed by atoms with Crippen LogP contribution in [0.3, 0.4) is 0 Å². The minimum atomic E-state index is -4.23. The van der Waals surface area contributed by atoms with E-state index in [1.807, 2.05) is 6.07 Å². The number of pyridine rings is 2. The Hall–Kier alpha value is -2.61. The molecule has 0 radical (unpaired) electrons. The zero-order valence-corrected chi connectivity index (χ0v) is 15.0. The van der Waals surface area contributed by atoms with E-state index < -0.39 is 18.6 Å². The number of aryl methyl sites for hydroxylation is 2. The Labute approximate surface area is 153 Å². The molecule has 0 fully saturated rings. The van der Waals surface area contributed by atoms with Crippen molar-refractivity contribution in [3.8, 4) is 5.75 Å². The highest BCUT2D eigenvalue weighted by Gasteiger charge is 2.27. The van der Waals surface area contributed by atoms with E-state index in [-0.39, 0.29) is 18.6 Å². The molecule has 3 rings (SSSR count). The van der Waals surface area contributed by atoms with Crippen LogP contribution >= 0.6 is 0 Å². The van der Waals surface area contributed by atoms with E-state index in [1.165, 1.54) is 4.57 Å². The molecule has 0 bridgehead atoms. The first kappa shape index (κ1) is 19.2. The third kappa shape index (κ3) is 4.05. The summed E-state index contributed by atoms with van der Waals surface area (Å²) in [6.45, 7) is 1.75. The van der Waals surface area contributed by atoms with Gasteiger partial charge in [0.05, 0.1) is 16.6 Å². The number of hydrogen-bond donors (Lipinski definition) is 1. The van der Waals surface area contributed by atoms with Crippen molar-refractivity contribution in [2.45, 2.75) is 32.0 Å². The summed E-state index contributed by atoms with van der Waals surface area (Å²) in [4.78, 5) is 16.9. The summed E-state index contributed by atoms with van der Waals surface area (Å²) in [5.41, 5.74) is 6.86. The molecule has 3 aromatic rings. The fourth-order valence-corrected chi connectivity index (χ4v) is 3.08. The molecule has 0 aliphatic rings. The number of alkyl halides is 3. The van der Waals surface area contributed by atoms with Crippen molar-refractivity contribution < 1.29 is 17.9 Å². The summed E-state index contributed by atoms with van der Waals surface area (Å²) >= 11 is 0. The van der Waals surface area contributed by atoms with Gasteiger partial charge in [0, 0.05) is 37.2 Å². The summed E-state index contributed by atoms with van der Waals surface area (Å²) in [5, 5.41) is 2.23. The normalized spacial score (nSPS) is 13.3. The van der Waals surface area contributed by atoms with Crippen LogP contribution in [0.25, 0.3) is 21.7 Å². The zero-order chi connectivity index (χ0) is 19.8. The second-order valence-electron chi connectivity index (χ2n) is 6.59. The summed E-state index contributed by atoms with van der Waals surface area (Å²) in [6.07, 6.45) is -3.72. The molecular weight excluding hydrogens is 359 g/mol. The molecule has 8 heteroatoms. The minimum Gasteiger partial charge on any atom is -0.492 e. The predicted molar refractivity (Wildman–Crippen MR) is 98.0 cm³/mol. The van der Waals surface area contributed by atoms with Gasteiger partial charge < -0.3 is 15.0 Å². The molecular formula is C19H20F3N3O2. The lowest BCUT2D eigenvalue weighted by atomic mass is 10.1. The Morgan fingerprint density at radius 1 is 1.26 bits per heavy atom. The van der Waals surface area contributed by atoms with E-state index in [9.17, 15) is 18.0 Å². The number of nitrogens with zero attached hydrogens (tertiary/aromatic N) is 2. The van der Waals surface area contributed by atoms with E-state index in [0.29, 0.717) is 22.3 Å². The van der Waals surface area contributed by atoms with Crippen molar-refractivity contribution in [1.82, 2.24) is 9.55 Å². The quantitative estimate of drug-likeness (QED) is 0.690. The van der Waals surface area contributed by atoms with Crippen LogP contribution in [0, 0.1) is 6.92 Å². The van der Waals surface area contributed by atoms with Gasteiger partial charge in [-0.1, -0.05) is 0 Å². The van der Waals surface area contributed by atoms with Crippen LogP contribution in [-0.4, -0.2) is 28.4 Å². The Morgan fingerprint density at radius 3 is 2.70 bits per heavy atom. The molecule has 2 aromatic heterocycles. The predicted octanol–water partition coefficient (Wildman–Crippen LogP) is 3.44. The Balaban J connectivity index is 1.89. The van der Waals surface area contributed by atoms with Gasteiger partial charge in [-0.3, -0.25) is 9.78 Å². The van der Waals surface area contributed by atoms with Crippen LogP contribution in [0.4, 0.5) is 13.2 Å². The molecule has 1 unspecified atom stereocenters. The summed E-state index contributed by atoms with van der Waals surface area (Å²) in [5.74, 6) is 0.449. The SMILES string of the molecule is Cc1nccc2c1c(=O)n(C)c1cc(OCC(N)CCC(F)(F)F)ccc21. The highest BCUT2D eigenvalue weighted by molar-refractivity contribution is 6.06. The van der Waals surface area contributed by atoms with Gasteiger partial charge in [0.1, 0.15) is 12.4 Å². The summed E-state index contributed by atoms with van der Waals surface area (Å²) in [6, 6.07) is 6.31. The van der Waals surface area contributed by atoms with Crippen LogP contribution < -0.4 is 16.0 Å². The summed E-state index contributed by atoms with van der Waals surface area (Å²) in [7, 11) is 1.66. The maximum atomic E-state index is 12.7. The van der Waals surface area contributed by atoms with Crippen molar-refractivity contribution >= 4 is 21.7 Å². The third-order valence-corrected chi connectivity index (χ3v) is 4.54. The van der Waals surface area contributed by atoms with Crippen LogP contribution in [0.2, 0.25) is 0 Å². The van der Waals surface area contributed by atoms with E-state index in [2.05, 4.69) is 4.98 Å². The average Bonchev–Trinajstić information content (AvgIpc) is 2.62. The molecule has 0 saturated heterocycles. The van der Waals surface area contributed by atoms with Gasteiger partial charge in [-0.05, 0) is 36.9 Å². The van der Waals surface area contributed by atoms with Crippen LogP contribution in [0.1, 0.15) is 18.5 Å². The lowest BCUT2D eigenvalue weighted by molar-refractivity contribution is -0.136. The fraction of sp³-hybridized carbons (Fsp3) is 0.368. The highest BCUT2D eigenvalue weighted by atomic mass is 19.4. The molecule has 2 heterocycles. The Morgan fingerprint density at radius 2 is 2.00 bits per heavy atom. The first-order valence-electron chi connectivity index (χ1n) is 8.50. The second-order valence-corrected chi connectivity index (χ2v) is 6.59. The monoisotopic (exact) mass is 379 g/mol. The van der Waals surface area contributed by atoms with E-state index in [1.54, 1.807) is 38.4 Å². The third-order valence-electron chi connectivity index (χ3n) is 4.54. The topological polar surface area (TPSA) is 70.1 Å². The number of fused-ring (bicyclic) bond motifs is 3. The first-order chi connectivity index (χ1) is 12.7. The van der Waals surface area contributed by atoms with Crippen molar-refractivity contribution in [3.05, 3.63) is 46.5 Å². The van der Waals surface area contributed by atoms with Crippen LogP contribution in [0.15, 0.2) is 35.3 Å². The van der Waals surface area contributed by atoms with Gasteiger partial charge in [0.25, 0.3) is 5.56 Å². The Kier molecular flexibility index (Phi) is 5.10. The number of benzene rings is 1. The maximum Gasteiger partial charge on any atom is 0.389 e. The number of halogens is 3. The molecule has 5 nitrogen and oxygen atoms in total. The fourth-order valence-electron chi connectivity index (χ4n) is 3.08. The second kappa shape index (κ2) is 7.19. The van der Waals surface area contributed by atoms with Crippen molar-refractivity contribution in [2.75, 3.05) is 6.61 Å². The van der Waals surface area contributed by atoms with Gasteiger partial charge in [0.2, 0.25) is 0 Å². The molecule has 0 saturated carbocycles. The zero-order valence-electron chi connectivity index (χ0n) is 15.0. The van der Waals surface area contributed by atoms with Crippen LogP contribution in [-0.2, 0) is 7.05 Å².